The Morgan fingerprint density at radius 3 is 2.70 bits per heavy atom. The van der Waals surface area contributed by atoms with Gasteiger partial charge in [0.25, 0.3) is 0 Å². The standard InChI is InChI=1S/C7H15NOS/c1-3-4-5-8-7(9)6(2)10/h6,10H,3-5H2,1-2H3,(H,8,9). The van der Waals surface area contributed by atoms with Gasteiger partial charge in [-0.3, -0.25) is 4.79 Å². The van der Waals surface area contributed by atoms with Gasteiger partial charge in [0.05, 0.1) is 5.25 Å². The van der Waals surface area contributed by atoms with Crippen LogP contribution in [-0.2, 0) is 4.79 Å². The predicted molar refractivity (Wildman–Crippen MR) is 46.4 cm³/mol. The molecule has 0 saturated heterocycles. The maximum absolute atomic E-state index is 10.8. The second-order valence-electron chi connectivity index (χ2n) is 2.32. The van der Waals surface area contributed by atoms with Crippen LogP contribution in [0.1, 0.15) is 26.7 Å². The van der Waals surface area contributed by atoms with Gasteiger partial charge >= 0.3 is 0 Å². The summed E-state index contributed by atoms with van der Waals surface area (Å²) in [5.74, 6) is 0.0248. The molecule has 0 fully saturated rings. The minimum absolute atomic E-state index is 0.0248. The molecule has 0 aliphatic carbocycles. The maximum Gasteiger partial charge on any atom is 0.232 e. The summed E-state index contributed by atoms with van der Waals surface area (Å²) in [5.41, 5.74) is 0. The third-order valence-electron chi connectivity index (χ3n) is 1.21. The lowest BCUT2D eigenvalue weighted by Crippen LogP contribution is -2.30. The molecule has 1 unspecified atom stereocenters. The van der Waals surface area contributed by atoms with Crippen molar-refractivity contribution in [1.82, 2.24) is 5.32 Å². The lowest BCUT2D eigenvalue weighted by atomic mass is 10.3. The van der Waals surface area contributed by atoms with Crippen LogP contribution >= 0.6 is 12.6 Å². The molecule has 3 heteroatoms. The SMILES string of the molecule is CCCCNC(=O)C(C)S. The molecule has 1 amide bonds. The predicted octanol–water partition coefficient (Wildman–Crippen LogP) is 1.22. The summed E-state index contributed by atoms with van der Waals surface area (Å²) in [4.78, 5) is 10.8. The highest BCUT2D eigenvalue weighted by atomic mass is 32.1. The van der Waals surface area contributed by atoms with Crippen molar-refractivity contribution in [2.45, 2.75) is 31.9 Å². The van der Waals surface area contributed by atoms with Crippen LogP contribution in [0.5, 0.6) is 0 Å². The van der Waals surface area contributed by atoms with Crippen LogP contribution in [0.15, 0.2) is 0 Å². The van der Waals surface area contributed by atoms with Gasteiger partial charge in [0.1, 0.15) is 0 Å². The summed E-state index contributed by atoms with van der Waals surface area (Å²) in [6.45, 7) is 4.64. The van der Waals surface area contributed by atoms with E-state index in [2.05, 4.69) is 24.9 Å². The van der Waals surface area contributed by atoms with Gasteiger partial charge in [0.15, 0.2) is 0 Å². The highest BCUT2D eigenvalue weighted by molar-refractivity contribution is 7.81. The van der Waals surface area contributed by atoms with E-state index in [0.717, 1.165) is 19.4 Å². The molecule has 1 N–H and O–H groups in total. The van der Waals surface area contributed by atoms with Gasteiger partial charge in [-0.2, -0.15) is 12.6 Å². The second-order valence-corrected chi connectivity index (χ2v) is 3.10. The number of hydrogen-bond acceptors (Lipinski definition) is 2. The third-order valence-corrected chi connectivity index (χ3v) is 1.44. The van der Waals surface area contributed by atoms with Crippen molar-refractivity contribution in [3.8, 4) is 0 Å². The van der Waals surface area contributed by atoms with Crippen LogP contribution in [0.3, 0.4) is 0 Å². The summed E-state index contributed by atoms with van der Waals surface area (Å²) in [6.07, 6.45) is 2.16. The van der Waals surface area contributed by atoms with Gasteiger partial charge in [-0.05, 0) is 13.3 Å². The Morgan fingerprint density at radius 1 is 1.70 bits per heavy atom. The van der Waals surface area contributed by atoms with Crippen molar-refractivity contribution in [3.63, 3.8) is 0 Å². The monoisotopic (exact) mass is 161 g/mol. The molecule has 0 aromatic heterocycles. The Bertz CT molecular complexity index is 104. The topological polar surface area (TPSA) is 29.1 Å². The quantitative estimate of drug-likeness (QED) is 0.471. The number of carbonyl (C=O) groups excluding carboxylic acids is 1. The molecule has 0 rings (SSSR count). The number of rotatable bonds is 4. The molecule has 0 saturated carbocycles. The molecular formula is C7H15NOS. The zero-order valence-electron chi connectivity index (χ0n) is 6.55. The van der Waals surface area contributed by atoms with Gasteiger partial charge in [-0.1, -0.05) is 13.3 Å². The van der Waals surface area contributed by atoms with Gasteiger partial charge in [0, 0.05) is 6.54 Å². The van der Waals surface area contributed by atoms with Crippen molar-refractivity contribution in [2.24, 2.45) is 0 Å². The van der Waals surface area contributed by atoms with Crippen molar-refractivity contribution >= 4 is 18.5 Å². The Hall–Kier alpha value is -0.180. The molecule has 0 aromatic rings. The van der Waals surface area contributed by atoms with E-state index in [0.29, 0.717) is 0 Å². The normalized spacial score (nSPS) is 12.7. The van der Waals surface area contributed by atoms with Crippen LogP contribution in [0, 0.1) is 0 Å². The van der Waals surface area contributed by atoms with Crippen LogP contribution in [0.2, 0.25) is 0 Å². The number of carbonyl (C=O) groups is 1. The zero-order valence-corrected chi connectivity index (χ0v) is 7.45. The second kappa shape index (κ2) is 5.59. The van der Waals surface area contributed by atoms with Crippen LogP contribution in [0.4, 0.5) is 0 Å². The Balaban J connectivity index is 3.22. The molecule has 60 valence electrons. The summed E-state index contributed by atoms with van der Waals surface area (Å²) in [7, 11) is 0. The Morgan fingerprint density at radius 2 is 2.30 bits per heavy atom. The summed E-state index contributed by atoms with van der Waals surface area (Å²) < 4.78 is 0. The smallest absolute Gasteiger partial charge is 0.232 e. The van der Waals surface area contributed by atoms with E-state index in [-0.39, 0.29) is 11.2 Å². The number of hydrogen-bond donors (Lipinski definition) is 2. The fourth-order valence-electron chi connectivity index (χ4n) is 0.536. The molecule has 10 heavy (non-hydrogen) atoms. The first-order valence-corrected chi connectivity index (χ1v) is 4.16. The van der Waals surface area contributed by atoms with Gasteiger partial charge in [-0.25, -0.2) is 0 Å². The molecule has 0 radical (unpaired) electrons. The lowest BCUT2D eigenvalue weighted by molar-refractivity contribution is -0.120. The van der Waals surface area contributed by atoms with Crippen molar-refractivity contribution < 1.29 is 4.79 Å². The first-order valence-electron chi connectivity index (χ1n) is 3.64. The molecule has 2 nitrogen and oxygen atoms in total. The van der Waals surface area contributed by atoms with Gasteiger partial charge in [-0.15, -0.1) is 0 Å². The fourth-order valence-corrected chi connectivity index (χ4v) is 0.627. The molecule has 0 heterocycles. The molecule has 0 aliphatic heterocycles. The molecule has 1 atom stereocenters. The van der Waals surface area contributed by atoms with E-state index in [4.69, 9.17) is 0 Å². The average molecular weight is 161 g/mol. The van der Waals surface area contributed by atoms with Gasteiger partial charge < -0.3 is 5.32 Å². The van der Waals surface area contributed by atoms with E-state index in [1.165, 1.54) is 0 Å². The van der Waals surface area contributed by atoms with Crippen LogP contribution in [-0.4, -0.2) is 17.7 Å². The minimum Gasteiger partial charge on any atom is -0.355 e. The van der Waals surface area contributed by atoms with E-state index >= 15 is 0 Å². The number of thiol groups is 1. The number of unbranched alkanes of at least 4 members (excludes halogenated alkanes) is 1. The first kappa shape index (κ1) is 9.82. The highest BCUT2D eigenvalue weighted by Crippen LogP contribution is 1.91. The minimum atomic E-state index is -0.183. The summed E-state index contributed by atoms with van der Waals surface area (Å²) >= 11 is 3.98. The van der Waals surface area contributed by atoms with Crippen molar-refractivity contribution in [1.29, 1.82) is 0 Å². The largest absolute Gasteiger partial charge is 0.355 e. The van der Waals surface area contributed by atoms with E-state index < -0.39 is 0 Å². The number of amides is 1. The zero-order chi connectivity index (χ0) is 7.98. The van der Waals surface area contributed by atoms with Crippen LogP contribution in [0.25, 0.3) is 0 Å². The molecular weight excluding hydrogens is 146 g/mol. The summed E-state index contributed by atoms with van der Waals surface area (Å²) in [6, 6.07) is 0. The first-order chi connectivity index (χ1) is 4.68. The summed E-state index contributed by atoms with van der Waals surface area (Å²) in [5, 5.41) is 2.58. The van der Waals surface area contributed by atoms with E-state index in [9.17, 15) is 4.79 Å². The van der Waals surface area contributed by atoms with Crippen molar-refractivity contribution in [2.75, 3.05) is 6.54 Å². The third kappa shape index (κ3) is 4.68. The van der Waals surface area contributed by atoms with Gasteiger partial charge in [0.2, 0.25) is 5.91 Å². The molecule has 0 spiro atoms. The number of nitrogens with one attached hydrogen (secondary N) is 1. The Labute approximate surface area is 67.8 Å². The maximum atomic E-state index is 10.8. The fraction of sp³-hybridized carbons (Fsp3) is 0.857. The van der Waals surface area contributed by atoms with Crippen LogP contribution < -0.4 is 5.32 Å². The average Bonchev–Trinajstić information content (AvgIpc) is 1.88. The van der Waals surface area contributed by atoms with E-state index in [1.807, 2.05) is 0 Å². The molecule has 0 aliphatic rings. The highest BCUT2D eigenvalue weighted by Gasteiger charge is 2.04. The molecule has 0 bridgehead atoms. The lowest BCUT2D eigenvalue weighted by Gasteiger charge is -2.04. The molecule has 0 aromatic carbocycles. The Kier molecular flexibility index (Phi) is 5.49. The van der Waals surface area contributed by atoms with E-state index in [1.54, 1.807) is 6.92 Å². The van der Waals surface area contributed by atoms with Crippen molar-refractivity contribution in [3.05, 3.63) is 0 Å².